The molecule has 15 heavy (non-hydrogen) atoms. The summed E-state index contributed by atoms with van der Waals surface area (Å²) in [5.41, 5.74) is 2.37. The lowest BCUT2D eigenvalue weighted by Gasteiger charge is -2.01. The van der Waals surface area contributed by atoms with Gasteiger partial charge in [-0.1, -0.05) is 6.92 Å². The van der Waals surface area contributed by atoms with Crippen LogP contribution in [0.2, 0.25) is 0 Å². The van der Waals surface area contributed by atoms with Crippen LogP contribution in [0.5, 0.6) is 0 Å². The summed E-state index contributed by atoms with van der Waals surface area (Å²) in [5.74, 6) is 0.818. The minimum Gasteiger partial charge on any atom is -0.335 e. The summed E-state index contributed by atoms with van der Waals surface area (Å²) < 4.78 is 1.87. The summed E-state index contributed by atoms with van der Waals surface area (Å²) in [5, 5.41) is 0.865. The second-order valence-electron chi connectivity index (χ2n) is 3.59. The van der Waals surface area contributed by atoms with Crippen molar-refractivity contribution in [2.24, 2.45) is 7.05 Å². The van der Waals surface area contributed by atoms with Crippen LogP contribution in [-0.2, 0) is 13.5 Å². The van der Waals surface area contributed by atoms with E-state index in [1.165, 1.54) is 0 Å². The van der Waals surface area contributed by atoms with Gasteiger partial charge < -0.3 is 4.57 Å². The summed E-state index contributed by atoms with van der Waals surface area (Å²) in [6.45, 7) is 3.93. The fourth-order valence-corrected chi connectivity index (χ4v) is 1.79. The zero-order valence-electron chi connectivity index (χ0n) is 9.11. The molecule has 0 amide bonds. The van der Waals surface area contributed by atoms with Crippen molar-refractivity contribution in [1.82, 2.24) is 14.5 Å². The van der Waals surface area contributed by atoms with E-state index >= 15 is 0 Å². The van der Waals surface area contributed by atoms with Gasteiger partial charge in [0.1, 0.15) is 11.5 Å². The molecule has 0 fully saturated rings. The van der Waals surface area contributed by atoms with E-state index in [0.717, 1.165) is 35.3 Å². The summed E-state index contributed by atoms with van der Waals surface area (Å²) in [6.07, 6.45) is 3.45. The van der Waals surface area contributed by atoms with Crippen LogP contribution in [-0.4, -0.2) is 20.8 Å². The van der Waals surface area contributed by atoms with E-state index in [9.17, 15) is 4.79 Å². The number of carbonyl (C=O) groups excluding carboxylic acids is 1. The number of fused-ring (bicyclic) bond motifs is 1. The van der Waals surface area contributed by atoms with Gasteiger partial charge in [-0.2, -0.15) is 0 Å². The molecule has 2 rings (SSSR count). The van der Waals surface area contributed by atoms with Crippen LogP contribution >= 0.6 is 0 Å². The van der Waals surface area contributed by atoms with Gasteiger partial charge in [-0.15, -0.1) is 0 Å². The number of carbonyl (C=O) groups is 1. The van der Waals surface area contributed by atoms with Gasteiger partial charge in [0.15, 0.2) is 6.29 Å². The molecule has 78 valence electrons. The van der Waals surface area contributed by atoms with E-state index in [1.807, 2.05) is 25.5 Å². The van der Waals surface area contributed by atoms with Crippen LogP contribution in [0.15, 0.2) is 6.20 Å². The van der Waals surface area contributed by atoms with Crippen molar-refractivity contribution < 1.29 is 4.79 Å². The van der Waals surface area contributed by atoms with Crippen LogP contribution in [0, 0.1) is 6.92 Å². The van der Waals surface area contributed by atoms with Crippen molar-refractivity contribution in [1.29, 1.82) is 0 Å². The first-order valence-electron chi connectivity index (χ1n) is 4.95. The van der Waals surface area contributed by atoms with Crippen molar-refractivity contribution in [3.8, 4) is 0 Å². The van der Waals surface area contributed by atoms with Gasteiger partial charge in [0.05, 0.1) is 11.1 Å². The summed E-state index contributed by atoms with van der Waals surface area (Å²) in [7, 11) is 1.89. The number of hydrogen-bond acceptors (Lipinski definition) is 3. The second kappa shape index (κ2) is 3.46. The molecule has 2 aromatic heterocycles. The molecule has 4 nitrogen and oxygen atoms in total. The quantitative estimate of drug-likeness (QED) is 0.697. The van der Waals surface area contributed by atoms with Gasteiger partial charge in [0, 0.05) is 25.2 Å². The third-order valence-electron chi connectivity index (χ3n) is 2.52. The first-order valence-corrected chi connectivity index (χ1v) is 4.95. The molecule has 0 aliphatic carbocycles. The molecule has 0 unspecified atom stereocenters. The third-order valence-corrected chi connectivity index (χ3v) is 2.52. The van der Waals surface area contributed by atoms with Crippen LogP contribution in [0.1, 0.15) is 28.8 Å². The molecule has 0 atom stereocenters. The largest absolute Gasteiger partial charge is 0.335 e. The minimum absolute atomic E-state index is 0.660. The Balaban J connectivity index is 2.86. The molecule has 0 aliphatic heterocycles. The second-order valence-corrected chi connectivity index (χ2v) is 3.59. The summed E-state index contributed by atoms with van der Waals surface area (Å²) in [4.78, 5) is 19.6. The van der Waals surface area contributed by atoms with Gasteiger partial charge in [-0.05, 0) is 6.92 Å². The molecular weight excluding hydrogens is 190 g/mol. The number of rotatable bonds is 2. The first-order chi connectivity index (χ1) is 7.17. The summed E-state index contributed by atoms with van der Waals surface area (Å²) in [6, 6.07) is 0. The Labute approximate surface area is 88.0 Å². The van der Waals surface area contributed by atoms with E-state index in [1.54, 1.807) is 6.20 Å². The lowest BCUT2D eigenvalue weighted by Crippen LogP contribution is -1.98. The molecule has 4 heteroatoms. The predicted octanol–water partition coefficient (Wildman–Crippen LogP) is 1.65. The number of aromatic nitrogens is 3. The standard InChI is InChI=1S/C11H13N3O/c1-4-9-12-7(2)10-8(6-15)5-14(3)11(10)13-9/h5-6H,4H2,1-3H3. The Kier molecular flexibility index (Phi) is 2.26. The maximum absolute atomic E-state index is 10.9. The fraction of sp³-hybridized carbons (Fsp3) is 0.364. The molecule has 0 bridgehead atoms. The lowest BCUT2D eigenvalue weighted by atomic mass is 10.2. The highest BCUT2D eigenvalue weighted by molar-refractivity contribution is 5.97. The molecule has 0 aliphatic rings. The van der Waals surface area contributed by atoms with Crippen molar-refractivity contribution in [2.75, 3.05) is 0 Å². The highest BCUT2D eigenvalue weighted by Gasteiger charge is 2.11. The highest BCUT2D eigenvalue weighted by atomic mass is 16.1. The number of hydrogen-bond donors (Lipinski definition) is 0. The molecular formula is C11H13N3O. The zero-order chi connectivity index (χ0) is 11.0. The average molecular weight is 203 g/mol. The number of aldehydes is 1. The maximum atomic E-state index is 10.9. The van der Waals surface area contributed by atoms with Crippen molar-refractivity contribution in [3.05, 3.63) is 23.3 Å². The van der Waals surface area contributed by atoms with Crippen LogP contribution in [0.4, 0.5) is 0 Å². The Morgan fingerprint density at radius 3 is 2.80 bits per heavy atom. The molecule has 0 radical (unpaired) electrons. The molecule has 0 saturated carbocycles. The molecule has 0 aromatic carbocycles. The number of aryl methyl sites for hydroxylation is 3. The average Bonchev–Trinajstić information content (AvgIpc) is 2.56. The molecule has 2 aromatic rings. The predicted molar refractivity (Wildman–Crippen MR) is 58.0 cm³/mol. The Morgan fingerprint density at radius 1 is 1.47 bits per heavy atom. The fourth-order valence-electron chi connectivity index (χ4n) is 1.79. The van der Waals surface area contributed by atoms with Gasteiger partial charge >= 0.3 is 0 Å². The van der Waals surface area contributed by atoms with Crippen LogP contribution < -0.4 is 0 Å². The lowest BCUT2D eigenvalue weighted by molar-refractivity contribution is 0.112. The Hall–Kier alpha value is -1.71. The van der Waals surface area contributed by atoms with Crippen LogP contribution in [0.25, 0.3) is 11.0 Å². The topological polar surface area (TPSA) is 47.8 Å². The van der Waals surface area contributed by atoms with Gasteiger partial charge in [0.2, 0.25) is 0 Å². The van der Waals surface area contributed by atoms with E-state index < -0.39 is 0 Å². The minimum atomic E-state index is 0.660. The van der Waals surface area contributed by atoms with Gasteiger partial charge in [-0.3, -0.25) is 4.79 Å². The van der Waals surface area contributed by atoms with Crippen LogP contribution in [0.3, 0.4) is 0 Å². The SMILES string of the molecule is CCc1nc(C)c2c(C=O)cn(C)c2n1. The maximum Gasteiger partial charge on any atom is 0.152 e. The van der Waals surface area contributed by atoms with E-state index in [0.29, 0.717) is 5.56 Å². The Morgan fingerprint density at radius 2 is 2.20 bits per heavy atom. The number of nitrogens with zero attached hydrogens (tertiary/aromatic N) is 3. The van der Waals surface area contributed by atoms with Gasteiger partial charge in [-0.25, -0.2) is 9.97 Å². The summed E-state index contributed by atoms with van der Waals surface area (Å²) >= 11 is 0. The molecule has 0 saturated heterocycles. The third kappa shape index (κ3) is 1.42. The van der Waals surface area contributed by atoms with Gasteiger partial charge in [0.25, 0.3) is 0 Å². The van der Waals surface area contributed by atoms with E-state index in [4.69, 9.17) is 0 Å². The molecule has 0 N–H and O–H groups in total. The van der Waals surface area contributed by atoms with E-state index in [2.05, 4.69) is 9.97 Å². The zero-order valence-corrected chi connectivity index (χ0v) is 9.11. The highest BCUT2D eigenvalue weighted by Crippen LogP contribution is 2.20. The normalized spacial score (nSPS) is 10.9. The molecule has 0 spiro atoms. The smallest absolute Gasteiger partial charge is 0.152 e. The van der Waals surface area contributed by atoms with Crippen molar-refractivity contribution >= 4 is 17.3 Å². The first kappa shape index (κ1) is 9.83. The van der Waals surface area contributed by atoms with Crippen molar-refractivity contribution in [3.63, 3.8) is 0 Å². The monoisotopic (exact) mass is 203 g/mol. The molecule has 2 heterocycles. The van der Waals surface area contributed by atoms with Crippen molar-refractivity contribution in [2.45, 2.75) is 20.3 Å². The van der Waals surface area contributed by atoms with E-state index in [-0.39, 0.29) is 0 Å². The Bertz CT molecular complexity index is 528.